The van der Waals surface area contributed by atoms with Crippen LogP contribution in [-0.4, -0.2) is 19.6 Å². The van der Waals surface area contributed by atoms with E-state index in [9.17, 15) is 5.11 Å². The van der Waals surface area contributed by atoms with Gasteiger partial charge in [0, 0.05) is 27.0 Å². The second-order valence-electron chi connectivity index (χ2n) is 18.4. The number of aromatic nitrogens is 3. The molecule has 0 unspecified atom stereocenters. The van der Waals surface area contributed by atoms with Gasteiger partial charge in [-0.2, -0.15) is 0 Å². The van der Waals surface area contributed by atoms with Gasteiger partial charge in [-0.05, 0) is 129 Å². The van der Waals surface area contributed by atoms with Crippen molar-refractivity contribution in [1.29, 1.82) is 0 Å². The average molecular weight is 811 g/mol. The Bertz CT molecular complexity index is 3210. The van der Waals surface area contributed by atoms with Crippen LogP contribution >= 0.6 is 0 Å². The Hall–Kier alpha value is -7.04. The molecule has 0 radical (unpaired) electrons. The highest BCUT2D eigenvalue weighted by molar-refractivity contribution is 5.98. The lowest BCUT2D eigenvalue weighted by Crippen LogP contribution is -2.17. The van der Waals surface area contributed by atoms with Gasteiger partial charge in [0.25, 0.3) is 0 Å². The number of nitrogens with zero attached hydrogens (tertiary/aromatic N) is 3. The molecule has 0 saturated heterocycles. The van der Waals surface area contributed by atoms with Gasteiger partial charge in [-0.3, -0.25) is 9.55 Å². The highest BCUT2D eigenvalue weighted by Crippen LogP contribution is 2.45. The molecule has 0 fully saturated rings. The summed E-state index contributed by atoms with van der Waals surface area (Å²) in [4.78, 5) is 10.4. The van der Waals surface area contributed by atoms with Crippen LogP contribution in [0.5, 0.6) is 5.75 Å². The third-order valence-electron chi connectivity index (χ3n) is 11.8. The average Bonchev–Trinajstić information content (AvgIpc) is 3.68. The molecule has 0 atom stereocenters. The topological polar surface area (TPSA) is 50.9 Å². The van der Waals surface area contributed by atoms with Gasteiger partial charge in [0.1, 0.15) is 11.6 Å². The van der Waals surface area contributed by atoms with Crippen molar-refractivity contribution in [2.75, 3.05) is 0 Å². The van der Waals surface area contributed by atoms with Crippen LogP contribution in [0, 0.1) is 13.8 Å². The molecule has 0 aliphatic carbocycles. The predicted molar refractivity (Wildman–Crippen MR) is 260 cm³/mol. The minimum Gasteiger partial charge on any atom is -0.507 e. The minimum absolute atomic E-state index is 0.118. The Morgan fingerprint density at radius 3 is 1.84 bits per heavy atom. The zero-order valence-electron chi connectivity index (χ0n) is 39.5. The fourth-order valence-electron chi connectivity index (χ4n) is 8.35. The van der Waals surface area contributed by atoms with Crippen molar-refractivity contribution >= 4 is 11.0 Å². The number of para-hydroxylation sites is 1. The molecule has 2 aromatic heterocycles. The molecule has 0 aliphatic heterocycles. The third-order valence-corrected chi connectivity index (χ3v) is 11.8. The van der Waals surface area contributed by atoms with Gasteiger partial charge < -0.3 is 5.11 Å². The zero-order valence-corrected chi connectivity index (χ0v) is 36.5. The number of aryl methyl sites for hydroxylation is 2. The lowest BCUT2D eigenvalue weighted by molar-refractivity contribution is 0.446. The Balaban J connectivity index is 1.35. The molecule has 306 valence electrons. The minimum atomic E-state index is -2.49. The van der Waals surface area contributed by atoms with E-state index in [0.717, 1.165) is 66.9 Å². The second kappa shape index (κ2) is 15.8. The normalized spacial score (nSPS) is 12.9. The molecule has 0 saturated carbocycles. The largest absolute Gasteiger partial charge is 0.507 e. The van der Waals surface area contributed by atoms with E-state index >= 15 is 0 Å². The Labute approximate surface area is 370 Å². The van der Waals surface area contributed by atoms with Gasteiger partial charge in [0.15, 0.2) is 0 Å². The smallest absolute Gasteiger partial charge is 0.149 e. The van der Waals surface area contributed by atoms with Crippen LogP contribution in [0.2, 0.25) is 0 Å². The van der Waals surface area contributed by atoms with Crippen molar-refractivity contribution in [2.24, 2.45) is 0 Å². The Kier molecular flexibility index (Phi) is 9.36. The molecular weight excluding hydrogens is 755 g/mol. The van der Waals surface area contributed by atoms with Crippen LogP contribution in [0.25, 0.3) is 83.9 Å². The number of phenols is 1. The number of aromatic hydroxyl groups is 1. The van der Waals surface area contributed by atoms with Gasteiger partial charge >= 0.3 is 0 Å². The van der Waals surface area contributed by atoms with E-state index in [0.29, 0.717) is 28.1 Å². The lowest BCUT2D eigenvalue weighted by atomic mass is 9.79. The van der Waals surface area contributed by atoms with Crippen LogP contribution < -0.4 is 0 Å². The first-order valence-corrected chi connectivity index (χ1v) is 21.3. The van der Waals surface area contributed by atoms with Gasteiger partial charge in [-0.15, -0.1) is 0 Å². The fourth-order valence-corrected chi connectivity index (χ4v) is 8.35. The Morgan fingerprint density at radius 2 is 1.16 bits per heavy atom. The molecule has 0 bridgehead atoms. The summed E-state index contributed by atoms with van der Waals surface area (Å²) >= 11 is 0. The van der Waals surface area contributed by atoms with E-state index in [-0.39, 0.29) is 16.7 Å². The standard InChI is InChI=1S/C58H53N3O/c1-37-22-24-41(25-23-37)43-28-29-59-51(34-43)46-32-44(40-18-13-10-14-19-40)31-45(33-46)48-20-15-21-53-54(48)60-56(49-35-47(57(3,4)5)36-50(55(49)62)58(6,7)8)61(53)52-27-26-42(30-38(52)2)39-16-11-9-12-17-39/h9-36,62H,1-8H3/i2D3. The summed E-state index contributed by atoms with van der Waals surface area (Å²) in [6.07, 6.45) is 1.86. The summed E-state index contributed by atoms with van der Waals surface area (Å²) in [6, 6.07) is 55.2. The van der Waals surface area contributed by atoms with Crippen molar-refractivity contribution in [3.05, 3.63) is 192 Å². The van der Waals surface area contributed by atoms with E-state index in [1.165, 1.54) is 5.56 Å². The van der Waals surface area contributed by atoms with Gasteiger partial charge in [-0.25, -0.2) is 4.98 Å². The van der Waals surface area contributed by atoms with Crippen molar-refractivity contribution in [1.82, 2.24) is 14.5 Å². The van der Waals surface area contributed by atoms with Crippen LogP contribution in [0.15, 0.2) is 170 Å². The molecule has 0 aliphatic rings. The maximum Gasteiger partial charge on any atom is 0.149 e. The predicted octanol–water partition coefficient (Wildman–Crippen LogP) is 15.3. The number of imidazole rings is 1. The third kappa shape index (κ3) is 7.74. The maximum absolute atomic E-state index is 12.4. The molecule has 4 heteroatoms. The molecule has 0 spiro atoms. The molecule has 7 aromatic carbocycles. The molecular formula is C58H53N3O. The molecule has 1 N–H and O–H groups in total. The first-order chi connectivity index (χ1) is 30.9. The van der Waals surface area contributed by atoms with Crippen molar-refractivity contribution in [2.45, 2.75) is 66.1 Å². The van der Waals surface area contributed by atoms with Crippen molar-refractivity contribution in [3.8, 4) is 78.6 Å². The molecule has 0 amide bonds. The number of phenolic OH excluding ortho intramolecular Hbond substituents is 1. The number of hydrogen-bond donors (Lipinski definition) is 1. The molecule has 2 heterocycles. The van der Waals surface area contributed by atoms with Crippen LogP contribution in [0.3, 0.4) is 0 Å². The van der Waals surface area contributed by atoms with E-state index in [1.54, 1.807) is 6.07 Å². The number of pyridine rings is 1. The SMILES string of the molecule is [2H]C([2H])([2H])c1cc(-c2ccccc2)ccc1-n1c(-c2cc(C(C)(C)C)cc(C(C)(C)C)c2O)nc2c(-c3cc(-c4ccccc4)cc(-c4cc(-c5ccc(C)cc5)ccn4)c3)cccc21. The van der Waals surface area contributed by atoms with Gasteiger partial charge in [0.2, 0.25) is 0 Å². The quantitative estimate of drug-likeness (QED) is 0.174. The van der Waals surface area contributed by atoms with Crippen molar-refractivity contribution in [3.63, 3.8) is 0 Å². The fraction of sp³-hybridized carbons (Fsp3) is 0.172. The van der Waals surface area contributed by atoms with Crippen molar-refractivity contribution < 1.29 is 9.22 Å². The van der Waals surface area contributed by atoms with E-state index < -0.39 is 12.3 Å². The van der Waals surface area contributed by atoms with Gasteiger partial charge in [0.05, 0.1) is 28.0 Å². The molecule has 9 aromatic rings. The van der Waals surface area contributed by atoms with E-state index in [2.05, 4.69) is 121 Å². The van der Waals surface area contributed by atoms with Crippen LogP contribution in [0.4, 0.5) is 0 Å². The highest BCUT2D eigenvalue weighted by atomic mass is 16.3. The number of hydrogen-bond acceptors (Lipinski definition) is 3. The van der Waals surface area contributed by atoms with E-state index in [4.69, 9.17) is 14.1 Å². The summed E-state index contributed by atoms with van der Waals surface area (Å²) in [7, 11) is 0. The Morgan fingerprint density at radius 1 is 0.532 bits per heavy atom. The monoisotopic (exact) mass is 810 g/mol. The summed E-state index contributed by atoms with van der Waals surface area (Å²) in [5.41, 5.74) is 14.4. The lowest BCUT2D eigenvalue weighted by Gasteiger charge is -2.27. The summed E-state index contributed by atoms with van der Waals surface area (Å²) in [6.45, 7) is 12.4. The molecule has 4 nitrogen and oxygen atoms in total. The maximum atomic E-state index is 12.4. The second-order valence-corrected chi connectivity index (χ2v) is 18.4. The number of benzene rings is 7. The van der Waals surface area contributed by atoms with Crippen LogP contribution in [0.1, 0.15) is 67.9 Å². The summed E-state index contributed by atoms with van der Waals surface area (Å²) < 4.78 is 28.8. The zero-order chi connectivity index (χ0) is 45.8. The first-order valence-electron chi connectivity index (χ1n) is 22.8. The number of fused-ring (bicyclic) bond motifs is 1. The first kappa shape index (κ1) is 36.8. The molecule has 9 rings (SSSR count). The highest BCUT2D eigenvalue weighted by Gasteiger charge is 2.29. The molecule has 62 heavy (non-hydrogen) atoms. The summed E-state index contributed by atoms with van der Waals surface area (Å²) in [5.74, 6) is 0.569. The summed E-state index contributed by atoms with van der Waals surface area (Å²) in [5, 5.41) is 12.4. The van der Waals surface area contributed by atoms with E-state index in [1.807, 2.05) is 95.7 Å². The van der Waals surface area contributed by atoms with Crippen LogP contribution in [-0.2, 0) is 10.8 Å². The van der Waals surface area contributed by atoms with Gasteiger partial charge in [-0.1, -0.05) is 156 Å². The number of rotatable bonds is 7.